The standard InChI is InChI=1S/C10H16NO2.W/c1-8(6-12)9(2)11(7-13)10(3,4)5;/h12H,1-5H3;/q-1;/b9-8-;. The van der Waals surface area contributed by atoms with Crippen molar-refractivity contribution in [2.45, 2.75) is 40.2 Å². The Bertz CT molecular complexity index is 276. The van der Waals surface area contributed by atoms with Gasteiger partial charge in [0.15, 0.2) is 0 Å². The van der Waals surface area contributed by atoms with E-state index in [0.29, 0.717) is 4.08 Å². The summed E-state index contributed by atoms with van der Waals surface area (Å²) in [6.45, 7) is 9.38. The molecule has 14 heavy (non-hydrogen) atoms. The number of rotatable bonds is 3. The van der Waals surface area contributed by atoms with E-state index in [4.69, 9.17) is 0 Å². The van der Waals surface area contributed by atoms with Crippen molar-refractivity contribution in [2.24, 2.45) is 0 Å². The molecular weight excluding hydrogens is 350 g/mol. The van der Waals surface area contributed by atoms with E-state index in [1.165, 1.54) is 4.90 Å². The zero-order chi connectivity index (χ0) is 11.5. The average molecular weight is 366 g/mol. The van der Waals surface area contributed by atoms with Crippen molar-refractivity contribution in [2.75, 3.05) is 0 Å². The van der Waals surface area contributed by atoms with E-state index in [-0.39, 0.29) is 5.54 Å². The molecule has 0 heterocycles. The fourth-order valence-corrected chi connectivity index (χ4v) is 1.56. The number of amides is 1. The minimum absolute atomic E-state index is 0.308. The molecule has 0 aromatic carbocycles. The Morgan fingerprint density at radius 3 is 2.00 bits per heavy atom. The molecule has 0 rings (SSSR count). The summed E-state index contributed by atoms with van der Waals surface area (Å²) < 4.78 is 0.312. The number of allylic oxidation sites excluding steroid dienone is 1. The third kappa shape index (κ3) is 3.47. The van der Waals surface area contributed by atoms with Gasteiger partial charge in [-0.3, -0.25) is 0 Å². The molecule has 0 aliphatic carbocycles. The van der Waals surface area contributed by atoms with Crippen LogP contribution in [0, 0.1) is 0 Å². The van der Waals surface area contributed by atoms with Gasteiger partial charge in [0.25, 0.3) is 0 Å². The summed E-state index contributed by atoms with van der Waals surface area (Å²) >= 11 is 0.997. The van der Waals surface area contributed by atoms with Crippen LogP contribution in [-0.4, -0.2) is 26.0 Å². The quantitative estimate of drug-likeness (QED) is 0.608. The Morgan fingerprint density at radius 2 is 1.79 bits per heavy atom. The molecule has 0 aromatic heterocycles. The summed E-state index contributed by atoms with van der Waals surface area (Å²) in [5, 5.41) is 9.34. The van der Waals surface area contributed by atoms with Crippen LogP contribution in [0.15, 0.2) is 11.3 Å². The SMILES string of the molecule is C/C([C](O)=[W])=C(\C)N([C-]=O)C(C)(C)C. The zero-order valence-corrected chi connectivity index (χ0v) is 12.1. The molecule has 0 unspecified atom stereocenters. The number of carbonyl (C=O) groups excluding carboxylic acids is 1. The molecule has 0 bridgehead atoms. The molecule has 0 aliphatic rings. The van der Waals surface area contributed by atoms with Crippen molar-refractivity contribution in [3.8, 4) is 0 Å². The van der Waals surface area contributed by atoms with Crippen molar-refractivity contribution >= 4 is 10.5 Å². The molecule has 0 aromatic rings. The third-order valence-electron chi connectivity index (χ3n) is 1.96. The van der Waals surface area contributed by atoms with Gasteiger partial charge < -0.3 is 0 Å². The van der Waals surface area contributed by atoms with Gasteiger partial charge in [-0.05, 0) is 0 Å². The Kier molecular flexibility index (Phi) is 4.89. The van der Waals surface area contributed by atoms with Crippen LogP contribution in [0.5, 0.6) is 0 Å². The number of nitrogens with zero attached hydrogens (tertiary/aromatic N) is 1. The molecule has 0 saturated heterocycles. The summed E-state index contributed by atoms with van der Waals surface area (Å²) in [4.78, 5) is 12.3. The summed E-state index contributed by atoms with van der Waals surface area (Å²) in [7, 11) is 0. The first-order valence-electron chi connectivity index (χ1n) is 4.30. The van der Waals surface area contributed by atoms with Gasteiger partial charge in [0.2, 0.25) is 0 Å². The van der Waals surface area contributed by atoms with Gasteiger partial charge in [0.1, 0.15) is 0 Å². The van der Waals surface area contributed by atoms with E-state index in [1.807, 2.05) is 34.1 Å². The molecule has 1 N–H and O–H groups in total. The van der Waals surface area contributed by atoms with Gasteiger partial charge in [0.05, 0.1) is 0 Å². The number of aliphatic hydroxyl groups is 1. The Labute approximate surface area is 96.2 Å². The van der Waals surface area contributed by atoms with E-state index in [9.17, 15) is 9.90 Å². The summed E-state index contributed by atoms with van der Waals surface area (Å²) in [5.41, 5.74) is 1.19. The maximum atomic E-state index is 10.8. The Morgan fingerprint density at radius 1 is 1.36 bits per heavy atom. The van der Waals surface area contributed by atoms with Gasteiger partial charge in [-0.1, -0.05) is 0 Å². The first-order valence-corrected chi connectivity index (χ1v) is 5.77. The van der Waals surface area contributed by atoms with Crippen LogP contribution >= 0.6 is 0 Å². The Hall–Kier alpha value is -0.272. The molecule has 0 aliphatic heterocycles. The molecule has 0 saturated carbocycles. The minimum atomic E-state index is -0.308. The van der Waals surface area contributed by atoms with E-state index in [1.54, 1.807) is 6.92 Å². The zero-order valence-electron chi connectivity index (χ0n) is 9.21. The second-order valence-electron chi connectivity index (χ2n) is 4.11. The van der Waals surface area contributed by atoms with Gasteiger partial charge >= 0.3 is 96.1 Å². The second kappa shape index (κ2) is 4.99. The van der Waals surface area contributed by atoms with Crippen LogP contribution < -0.4 is 0 Å². The van der Waals surface area contributed by atoms with Crippen molar-refractivity contribution < 1.29 is 29.3 Å². The molecule has 3 nitrogen and oxygen atoms in total. The van der Waals surface area contributed by atoms with Crippen molar-refractivity contribution in [3.63, 3.8) is 0 Å². The average Bonchev–Trinajstić information content (AvgIpc) is 2.01. The number of hydrogen-bond acceptors (Lipinski definition) is 2. The van der Waals surface area contributed by atoms with Gasteiger partial charge in [0, 0.05) is 0 Å². The van der Waals surface area contributed by atoms with Gasteiger partial charge in [-0.2, -0.15) is 0 Å². The maximum absolute atomic E-state index is 10.8. The van der Waals surface area contributed by atoms with Gasteiger partial charge in [-0.15, -0.1) is 0 Å². The third-order valence-corrected chi connectivity index (χ3v) is 3.06. The van der Waals surface area contributed by atoms with Crippen LogP contribution in [0.4, 0.5) is 0 Å². The topological polar surface area (TPSA) is 40.5 Å². The van der Waals surface area contributed by atoms with E-state index in [0.717, 1.165) is 30.6 Å². The van der Waals surface area contributed by atoms with Crippen molar-refractivity contribution in [3.05, 3.63) is 11.3 Å². The van der Waals surface area contributed by atoms with Crippen molar-refractivity contribution in [1.29, 1.82) is 0 Å². The van der Waals surface area contributed by atoms with Crippen molar-refractivity contribution in [1.82, 2.24) is 4.90 Å². The summed E-state index contributed by atoms with van der Waals surface area (Å²) in [6, 6.07) is 0. The fraction of sp³-hybridized carbons (Fsp3) is 0.600. The first kappa shape index (κ1) is 13.7. The van der Waals surface area contributed by atoms with Crippen LogP contribution in [0.25, 0.3) is 0 Å². The predicted molar refractivity (Wildman–Crippen MR) is 52.6 cm³/mol. The molecule has 1 amide bonds. The van der Waals surface area contributed by atoms with Crippen LogP contribution in [0.1, 0.15) is 34.6 Å². The normalized spacial score (nSPS) is 13.3. The summed E-state index contributed by atoms with van der Waals surface area (Å²) in [5.74, 6) is 0. The van der Waals surface area contributed by atoms with Crippen LogP contribution in [0.2, 0.25) is 0 Å². The molecule has 0 spiro atoms. The van der Waals surface area contributed by atoms with E-state index < -0.39 is 0 Å². The summed E-state index contributed by atoms with van der Waals surface area (Å²) in [6.07, 6.45) is 1.89. The number of aliphatic hydroxyl groups excluding tert-OH is 1. The molecule has 80 valence electrons. The monoisotopic (exact) mass is 366 g/mol. The first-order chi connectivity index (χ1) is 6.21. The second-order valence-corrected chi connectivity index (χ2v) is 5.50. The molecule has 0 fully saturated rings. The fourth-order valence-electron chi connectivity index (χ4n) is 1.03. The molecule has 0 radical (unpaired) electrons. The number of hydrogen-bond donors (Lipinski definition) is 1. The molecule has 4 heteroatoms. The van der Waals surface area contributed by atoms with E-state index >= 15 is 0 Å². The molecule has 0 atom stereocenters. The van der Waals surface area contributed by atoms with Crippen LogP contribution in [0.3, 0.4) is 0 Å². The molecular formula is C10H16NO2W-. The van der Waals surface area contributed by atoms with Crippen LogP contribution in [-0.2, 0) is 24.1 Å². The van der Waals surface area contributed by atoms with Gasteiger partial charge in [-0.25, -0.2) is 0 Å². The van der Waals surface area contributed by atoms with E-state index in [2.05, 4.69) is 0 Å². The Balaban J connectivity index is 5.17. The predicted octanol–water partition coefficient (Wildman–Crippen LogP) is 1.50.